The number of benzene rings is 2. The molecule has 0 saturated carbocycles. The average molecular weight is 396 g/mol. The molecule has 0 fully saturated rings. The molecule has 0 unspecified atom stereocenters. The number of anilines is 1. The second-order valence-electron chi connectivity index (χ2n) is 6.60. The lowest BCUT2D eigenvalue weighted by Crippen LogP contribution is -2.15. The molecule has 28 heavy (non-hydrogen) atoms. The predicted molar refractivity (Wildman–Crippen MR) is 110 cm³/mol. The molecular weight excluding hydrogens is 376 g/mol. The SMILES string of the molecule is COc1cc2c(cc1NC(=O)CSc1nncn1C(C)C)oc1ccccc12. The van der Waals surface area contributed by atoms with Crippen LogP contribution in [0.3, 0.4) is 0 Å². The number of aromatic nitrogens is 3. The van der Waals surface area contributed by atoms with E-state index in [1.807, 2.05) is 48.7 Å². The summed E-state index contributed by atoms with van der Waals surface area (Å²) >= 11 is 1.34. The zero-order chi connectivity index (χ0) is 19.7. The molecule has 0 atom stereocenters. The minimum Gasteiger partial charge on any atom is -0.495 e. The number of carbonyl (C=O) groups excluding carboxylic acids is 1. The number of para-hydroxylation sites is 1. The number of methoxy groups -OCH3 is 1. The number of hydrogen-bond donors (Lipinski definition) is 1. The van der Waals surface area contributed by atoms with E-state index >= 15 is 0 Å². The number of fused-ring (bicyclic) bond motifs is 3. The molecule has 144 valence electrons. The Balaban J connectivity index is 1.55. The summed E-state index contributed by atoms with van der Waals surface area (Å²) in [5.74, 6) is 0.645. The Labute approximate surface area is 166 Å². The molecule has 0 saturated heterocycles. The lowest BCUT2D eigenvalue weighted by atomic mass is 10.1. The van der Waals surface area contributed by atoms with Gasteiger partial charge in [0, 0.05) is 22.9 Å². The molecule has 0 aliphatic carbocycles. The van der Waals surface area contributed by atoms with Gasteiger partial charge in [0.1, 0.15) is 23.2 Å². The maximum Gasteiger partial charge on any atom is 0.234 e. The summed E-state index contributed by atoms with van der Waals surface area (Å²) in [7, 11) is 1.58. The van der Waals surface area contributed by atoms with Crippen molar-refractivity contribution in [1.29, 1.82) is 0 Å². The van der Waals surface area contributed by atoms with Gasteiger partial charge in [-0.05, 0) is 26.0 Å². The third-order valence-electron chi connectivity index (χ3n) is 4.40. The van der Waals surface area contributed by atoms with Crippen LogP contribution in [0.4, 0.5) is 5.69 Å². The maximum atomic E-state index is 12.5. The van der Waals surface area contributed by atoms with Crippen molar-refractivity contribution in [3.63, 3.8) is 0 Å². The molecule has 1 amide bonds. The van der Waals surface area contributed by atoms with Crippen molar-refractivity contribution >= 4 is 45.3 Å². The molecule has 2 heterocycles. The molecule has 2 aromatic heterocycles. The van der Waals surface area contributed by atoms with Crippen molar-refractivity contribution in [3.05, 3.63) is 42.7 Å². The predicted octanol–water partition coefficient (Wildman–Crippen LogP) is 4.50. The van der Waals surface area contributed by atoms with Crippen LogP contribution in [0.5, 0.6) is 5.75 Å². The smallest absolute Gasteiger partial charge is 0.234 e. The first-order valence-corrected chi connectivity index (χ1v) is 9.87. The van der Waals surface area contributed by atoms with Crippen LogP contribution in [0.1, 0.15) is 19.9 Å². The summed E-state index contributed by atoms with van der Waals surface area (Å²) in [4.78, 5) is 12.5. The van der Waals surface area contributed by atoms with Gasteiger partial charge in [-0.25, -0.2) is 0 Å². The molecule has 7 nitrogen and oxygen atoms in total. The van der Waals surface area contributed by atoms with Gasteiger partial charge in [0.25, 0.3) is 0 Å². The van der Waals surface area contributed by atoms with Gasteiger partial charge in [0.2, 0.25) is 5.91 Å². The number of carbonyl (C=O) groups is 1. The lowest BCUT2D eigenvalue weighted by molar-refractivity contribution is -0.113. The van der Waals surface area contributed by atoms with Crippen LogP contribution in [0.25, 0.3) is 21.9 Å². The summed E-state index contributed by atoms with van der Waals surface area (Å²) in [5.41, 5.74) is 2.07. The van der Waals surface area contributed by atoms with Crippen molar-refractivity contribution in [2.75, 3.05) is 18.2 Å². The van der Waals surface area contributed by atoms with Gasteiger partial charge in [-0.15, -0.1) is 10.2 Å². The third-order valence-corrected chi connectivity index (χ3v) is 5.36. The largest absolute Gasteiger partial charge is 0.495 e. The van der Waals surface area contributed by atoms with Crippen LogP contribution < -0.4 is 10.1 Å². The summed E-state index contributed by atoms with van der Waals surface area (Å²) in [6, 6.07) is 11.7. The molecule has 4 aromatic rings. The highest BCUT2D eigenvalue weighted by Crippen LogP contribution is 2.36. The minimum atomic E-state index is -0.155. The first-order valence-electron chi connectivity index (χ1n) is 8.88. The van der Waals surface area contributed by atoms with Crippen molar-refractivity contribution in [1.82, 2.24) is 14.8 Å². The van der Waals surface area contributed by atoms with Gasteiger partial charge in [-0.2, -0.15) is 0 Å². The van der Waals surface area contributed by atoms with Crippen molar-refractivity contribution in [3.8, 4) is 5.75 Å². The summed E-state index contributed by atoms with van der Waals surface area (Å²) in [5, 5.41) is 13.6. The number of rotatable bonds is 6. The van der Waals surface area contributed by atoms with Crippen LogP contribution >= 0.6 is 11.8 Å². The Bertz CT molecular complexity index is 1150. The zero-order valence-electron chi connectivity index (χ0n) is 15.8. The van der Waals surface area contributed by atoms with Crippen LogP contribution in [-0.4, -0.2) is 33.5 Å². The Kier molecular flexibility index (Phi) is 4.95. The second kappa shape index (κ2) is 7.55. The fourth-order valence-corrected chi connectivity index (χ4v) is 3.87. The zero-order valence-corrected chi connectivity index (χ0v) is 16.6. The quantitative estimate of drug-likeness (QED) is 0.483. The van der Waals surface area contributed by atoms with Crippen LogP contribution in [0.2, 0.25) is 0 Å². The second-order valence-corrected chi connectivity index (χ2v) is 7.54. The monoisotopic (exact) mass is 396 g/mol. The highest BCUT2D eigenvalue weighted by atomic mass is 32.2. The summed E-state index contributed by atoms with van der Waals surface area (Å²) in [6.45, 7) is 4.09. The average Bonchev–Trinajstić information content (AvgIpc) is 3.29. The molecule has 0 radical (unpaired) electrons. The van der Waals surface area contributed by atoms with Gasteiger partial charge in [0.15, 0.2) is 5.16 Å². The van der Waals surface area contributed by atoms with E-state index in [9.17, 15) is 4.79 Å². The van der Waals surface area contributed by atoms with Gasteiger partial charge >= 0.3 is 0 Å². The summed E-state index contributed by atoms with van der Waals surface area (Å²) in [6.07, 6.45) is 1.67. The van der Waals surface area contributed by atoms with E-state index in [1.165, 1.54) is 11.8 Å². The van der Waals surface area contributed by atoms with E-state index < -0.39 is 0 Å². The Morgan fingerprint density at radius 1 is 1.25 bits per heavy atom. The van der Waals surface area contributed by atoms with E-state index in [4.69, 9.17) is 9.15 Å². The fraction of sp³-hybridized carbons (Fsp3) is 0.250. The molecule has 0 spiro atoms. The molecular formula is C20H20N4O3S. The molecule has 0 aliphatic rings. The van der Waals surface area contributed by atoms with Gasteiger partial charge in [-0.3, -0.25) is 4.79 Å². The van der Waals surface area contributed by atoms with Crippen LogP contribution in [-0.2, 0) is 4.79 Å². The summed E-state index contributed by atoms with van der Waals surface area (Å²) < 4.78 is 13.3. The van der Waals surface area contributed by atoms with E-state index in [1.54, 1.807) is 19.5 Å². The van der Waals surface area contributed by atoms with E-state index in [0.29, 0.717) is 22.2 Å². The first kappa shape index (κ1) is 18.4. The Morgan fingerprint density at radius 3 is 2.86 bits per heavy atom. The van der Waals surface area contributed by atoms with Gasteiger partial charge in [0.05, 0.1) is 18.6 Å². The maximum absolute atomic E-state index is 12.5. The Hall–Kier alpha value is -3.00. The topological polar surface area (TPSA) is 82.2 Å². The molecule has 0 bridgehead atoms. The van der Waals surface area contributed by atoms with Crippen molar-refractivity contribution in [2.24, 2.45) is 0 Å². The highest BCUT2D eigenvalue weighted by molar-refractivity contribution is 7.99. The minimum absolute atomic E-state index is 0.155. The van der Waals surface area contributed by atoms with Crippen LogP contribution in [0.15, 0.2) is 52.3 Å². The number of ether oxygens (including phenoxy) is 1. The highest BCUT2D eigenvalue weighted by Gasteiger charge is 2.15. The van der Waals surface area contributed by atoms with Crippen molar-refractivity contribution < 1.29 is 13.9 Å². The van der Waals surface area contributed by atoms with Gasteiger partial charge < -0.3 is 19.0 Å². The number of furan rings is 1. The molecule has 4 rings (SSSR count). The van der Waals surface area contributed by atoms with Crippen LogP contribution in [0, 0.1) is 0 Å². The number of hydrogen-bond acceptors (Lipinski definition) is 6. The molecule has 1 N–H and O–H groups in total. The van der Waals surface area contributed by atoms with E-state index in [2.05, 4.69) is 15.5 Å². The lowest BCUT2D eigenvalue weighted by Gasteiger charge is -2.11. The number of nitrogens with zero attached hydrogens (tertiary/aromatic N) is 3. The number of amides is 1. The standard InChI is InChI=1S/C20H20N4O3S/c1-12(2)24-11-21-23-20(24)28-10-19(25)22-15-9-17-14(8-18(15)26-3)13-6-4-5-7-16(13)27-17/h4-9,11-12H,10H2,1-3H3,(H,22,25). The molecule has 8 heteroatoms. The number of nitrogens with one attached hydrogen (secondary N) is 1. The first-order chi connectivity index (χ1) is 13.6. The van der Waals surface area contributed by atoms with Crippen molar-refractivity contribution in [2.45, 2.75) is 25.0 Å². The fourth-order valence-electron chi connectivity index (χ4n) is 3.02. The Morgan fingerprint density at radius 2 is 2.07 bits per heavy atom. The molecule has 0 aliphatic heterocycles. The molecule has 2 aromatic carbocycles. The van der Waals surface area contributed by atoms with E-state index in [0.717, 1.165) is 16.4 Å². The third kappa shape index (κ3) is 3.43. The number of thioether (sulfide) groups is 1. The van der Waals surface area contributed by atoms with E-state index in [-0.39, 0.29) is 17.7 Å². The normalized spacial score (nSPS) is 11.4. The van der Waals surface area contributed by atoms with Gasteiger partial charge in [-0.1, -0.05) is 30.0 Å².